The highest BCUT2D eigenvalue weighted by Gasteiger charge is 2.23. The minimum absolute atomic E-state index is 0.105. The van der Waals surface area contributed by atoms with E-state index in [1.165, 1.54) is 5.56 Å². The van der Waals surface area contributed by atoms with E-state index in [2.05, 4.69) is 37.4 Å². The summed E-state index contributed by atoms with van der Waals surface area (Å²) >= 11 is 1.75. The van der Waals surface area contributed by atoms with Crippen LogP contribution >= 0.6 is 11.3 Å². The minimum Gasteiger partial charge on any atom is -0.348 e. The van der Waals surface area contributed by atoms with Crippen molar-refractivity contribution in [1.29, 1.82) is 0 Å². The fourth-order valence-corrected chi connectivity index (χ4v) is 3.54. The number of thiophene rings is 1. The molecular weight excluding hydrogens is 310 g/mol. The number of nitrogens with zero attached hydrogens (tertiary/aromatic N) is 4. The van der Waals surface area contributed by atoms with Crippen LogP contribution in [0.4, 0.5) is 0 Å². The molecule has 3 rings (SSSR count). The van der Waals surface area contributed by atoms with E-state index >= 15 is 0 Å². The van der Waals surface area contributed by atoms with Gasteiger partial charge in [0.2, 0.25) is 0 Å². The van der Waals surface area contributed by atoms with Gasteiger partial charge in [0, 0.05) is 25.7 Å². The molecule has 7 heteroatoms. The van der Waals surface area contributed by atoms with Crippen molar-refractivity contribution in [3.05, 3.63) is 34.3 Å². The molecule has 0 spiro atoms. The summed E-state index contributed by atoms with van der Waals surface area (Å²) in [5.41, 5.74) is 1.79. The first-order chi connectivity index (χ1) is 11.1. The van der Waals surface area contributed by atoms with Crippen LogP contribution in [-0.2, 0) is 6.54 Å². The van der Waals surface area contributed by atoms with Crippen molar-refractivity contribution in [2.45, 2.75) is 45.3 Å². The Morgan fingerprint density at radius 3 is 2.87 bits per heavy atom. The molecule has 6 nitrogen and oxygen atoms in total. The fourth-order valence-electron chi connectivity index (χ4n) is 2.88. The van der Waals surface area contributed by atoms with E-state index in [4.69, 9.17) is 0 Å². The zero-order chi connectivity index (χ0) is 16.2. The fraction of sp³-hybridized carbons (Fsp3) is 0.562. The van der Waals surface area contributed by atoms with Crippen molar-refractivity contribution in [3.8, 4) is 0 Å². The maximum atomic E-state index is 11.9. The topological polar surface area (TPSA) is 63.1 Å². The average Bonchev–Trinajstić information content (AvgIpc) is 3.18. The molecule has 0 saturated carbocycles. The van der Waals surface area contributed by atoms with Gasteiger partial charge in [-0.25, -0.2) is 4.68 Å². The molecule has 1 amide bonds. The summed E-state index contributed by atoms with van der Waals surface area (Å²) in [6.45, 7) is 6.99. The zero-order valence-electron chi connectivity index (χ0n) is 13.6. The first kappa shape index (κ1) is 16.1. The van der Waals surface area contributed by atoms with Crippen LogP contribution in [0.3, 0.4) is 0 Å². The summed E-state index contributed by atoms with van der Waals surface area (Å²) in [6, 6.07) is 2.63. The number of likely N-dealkylation sites (tertiary alicyclic amines) is 1. The van der Waals surface area contributed by atoms with Gasteiger partial charge in [0.25, 0.3) is 5.91 Å². The van der Waals surface area contributed by atoms with Crippen molar-refractivity contribution in [2.75, 3.05) is 13.1 Å². The number of carbonyl (C=O) groups excluding carboxylic acids is 1. The van der Waals surface area contributed by atoms with Crippen LogP contribution in [0.15, 0.2) is 23.0 Å². The number of hydrogen-bond acceptors (Lipinski definition) is 5. The molecule has 0 radical (unpaired) electrons. The lowest BCUT2D eigenvalue weighted by molar-refractivity contribution is 0.0938. The molecule has 0 bridgehead atoms. The van der Waals surface area contributed by atoms with Gasteiger partial charge in [-0.05, 0) is 49.1 Å². The number of carbonyl (C=O) groups is 1. The van der Waals surface area contributed by atoms with Crippen LogP contribution < -0.4 is 5.32 Å². The van der Waals surface area contributed by atoms with E-state index in [0.717, 1.165) is 32.5 Å². The summed E-state index contributed by atoms with van der Waals surface area (Å²) in [6.07, 6.45) is 3.86. The third-order valence-corrected chi connectivity index (χ3v) is 4.81. The van der Waals surface area contributed by atoms with E-state index in [9.17, 15) is 4.79 Å². The van der Waals surface area contributed by atoms with Gasteiger partial charge in [0.05, 0.1) is 12.2 Å². The standard InChI is InChI=1S/C16H23N5OS/c1-12(2)17-16(22)15-10-21(19-18-15)14-3-6-20(7-4-14)9-13-5-8-23-11-13/h5,8,10-12,14H,3-4,6-7,9H2,1-2H3,(H,17,22). The highest BCUT2D eigenvalue weighted by molar-refractivity contribution is 7.07. The zero-order valence-corrected chi connectivity index (χ0v) is 14.4. The van der Waals surface area contributed by atoms with Gasteiger partial charge in [-0.15, -0.1) is 5.10 Å². The highest BCUT2D eigenvalue weighted by Crippen LogP contribution is 2.23. The molecule has 0 atom stereocenters. The lowest BCUT2D eigenvalue weighted by atomic mass is 10.0. The maximum Gasteiger partial charge on any atom is 0.273 e. The molecule has 0 aromatic carbocycles. The number of aromatic nitrogens is 3. The second kappa shape index (κ2) is 7.23. The van der Waals surface area contributed by atoms with E-state index in [1.807, 2.05) is 18.5 Å². The van der Waals surface area contributed by atoms with Crippen molar-refractivity contribution in [2.24, 2.45) is 0 Å². The van der Waals surface area contributed by atoms with Crippen LogP contribution in [-0.4, -0.2) is 44.9 Å². The van der Waals surface area contributed by atoms with Gasteiger partial charge >= 0.3 is 0 Å². The molecule has 124 valence electrons. The van der Waals surface area contributed by atoms with Crippen LogP contribution in [0.5, 0.6) is 0 Å². The number of amides is 1. The van der Waals surface area contributed by atoms with Crippen molar-refractivity contribution in [1.82, 2.24) is 25.2 Å². The molecule has 3 heterocycles. The Kier molecular flexibility index (Phi) is 5.07. The summed E-state index contributed by atoms with van der Waals surface area (Å²) in [5, 5.41) is 15.4. The van der Waals surface area contributed by atoms with Gasteiger partial charge in [-0.3, -0.25) is 9.69 Å². The third-order valence-electron chi connectivity index (χ3n) is 4.08. The number of rotatable bonds is 5. The van der Waals surface area contributed by atoms with Crippen molar-refractivity contribution in [3.63, 3.8) is 0 Å². The molecule has 23 heavy (non-hydrogen) atoms. The predicted molar refractivity (Wildman–Crippen MR) is 90.5 cm³/mol. The molecule has 1 aliphatic rings. The van der Waals surface area contributed by atoms with Gasteiger partial charge in [0.1, 0.15) is 0 Å². The second-order valence-corrected chi connectivity index (χ2v) is 7.13. The Morgan fingerprint density at radius 2 is 2.22 bits per heavy atom. The molecule has 0 unspecified atom stereocenters. The summed E-state index contributed by atoms with van der Waals surface area (Å²) < 4.78 is 1.86. The molecule has 1 aliphatic heterocycles. The molecule has 1 fully saturated rings. The molecule has 1 saturated heterocycles. The Morgan fingerprint density at radius 1 is 1.43 bits per heavy atom. The molecule has 2 aromatic heterocycles. The summed E-state index contributed by atoms with van der Waals surface area (Å²) in [7, 11) is 0. The van der Waals surface area contributed by atoms with Gasteiger partial charge in [0.15, 0.2) is 5.69 Å². The van der Waals surface area contributed by atoms with Crippen molar-refractivity contribution < 1.29 is 4.79 Å². The largest absolute Gasteiger partial charge is 0.348 e. The second-order valence-electron chi connectivity index (χ2n) is 6.35. The van der Waals surface area contributed by atoms with Gasteiger partial charge in [-0.1, -0.05) is 5.21 Å². The minimum atomic E-state index is -0.152. The predicted octanol–water partition coefficient (Wildman–Crippen LogP) is 2.31. The number of hydrogen-bond donors (Lipinski definition) is 1. The number of piperidine rings is 1. The molecule has 2 aromatic rings. The number of nitrogens with one attached hydrogen (secondary N) is 1. The molecular formula is C16H23N5OS. The first-order valence-corrected chi connectivity index (χ1v) is 9.02. The van der Waals surface area contributed by atoms with Crippen LogP contribution in [0.1, 0.15) is 48.8 Å². The van der Waals surface area contributed by atoms with Crippen LogP contribution in [0, 0.1) is 0 Å². The monoisotopic (exact) mass is 333 g/mol. The van der Waals surface area contributed by atoms with Crippen LogP contribution in [0.25, 0.3) is 0 Å². The van der Waals surface area contributed by atoms with Crippen LogP contribution in [0.2, 0.25) is 0 Å². The SMILES string of the molecule is CC(C)NC(=O)c1cn(C2CCN(Cc3ccsc3)CC2)nn1. The molecule has 0 aliphatic carbocycles. The summed E-state index contributed by atoms with van der Waals surface area (Å²) in [5.74, 6) is -0.152. The van der Waals surface area contributed by atoms with E-state index < -0.39 is 0 Å². The first-order valence-electron chi connectivity index (χ1n) is 8.08. The van der Waals surface area contributed by atoms with E-state index in [1.54, 1.807) is 17.5 Å². The maximum absolute atomic E-state index is 11.9. The Labute approximate surface area is 140 Å². The molecule has 1 N–H and O–H groups in total. The normalized spacial score (nSPS) is 16.8. The Balaban J connectivity index is 1.53. The van der Waals surface area contributed by atoms with Gasteiger partial charge < -0.3 is 5.32 Å². The Hall–Kier alpha value is -1.73. The Bertz CT molecular complexity index is 629. The van der Waals surface area contributed by atoms with Gasteiger partial charge in [-0.2, -0.15) is 11.3 Å². The summed E-state index contributed by atoms with van der Waals surface area (Å²) in [4.78, 5) is 14.4. The lowest BCUT2D eigenvalue weighted by Gasteiger charge is -2.31. The van der Waals surface area contributed by atoms with E-state index in [-0.39, 0.29) is 11.9 Å². The highest BCUT2D eigenvalue weighted by atomic mass is 32.1. The van der Waals surface area contributed by atoms with Crippen molar-refractivity contribution >= 4 is 17.2 Å². The lowest BCUT2D eigenvalue weighted by Crippen LogP contribution is -2.34. The average molecular weight is 333 g/mol. The third kappa shape index (κ3) is 4.17. The van der Waals surface area contributed by atoms with E-state index in [0.29, 0.717) is 11.7 Å². The smallest absolute Gasteiger partial charge is 0.273 e. The quantitative estimate of drug-likeness (QED) is 0.912.